The number of carboxylic acids is 1. The predicted octanol–water partition coefficient (Wildman–Crippen LogP) is 5.91. The molecule has 3 aromatic carbocycles. The zero-order chi connectivity index (χ0) is 24.2. The Kier molecular flexibility index (Phi) is 10.1. The van der Waals surface area contributed by atoms with Gasteiger partial charge in [0.15, 0.2) is 0 Å². The largest absolute Gasteiger partial charge is 0.489 e. The smallest absolute Gasteiger partial charge is 0.336 e. The van der Waals surface area contributed by atoms with Crippen molar-refractivity contribution in [3.05, 3.63) is 101 Å². The molecule has 34 heavy (non-hydrogen) atoms. The van der Waals surface area contributed by atoms with Crippen LogP contribution < -0.4 is 4.74 Å². The second-order valence-corrected chi connectivity index (χ2v) is 8.60. The molecule has 2 N–H and O–H groups in total. The van der Waals surface area contributed by atoms with Crippen LogP contribution in [0.3, 0.4) is 0 Å². The minimum absolute atomic E-state index is 0.173. The van der Waals surface area contributed by atoms with Gasteiger partial charge in [-0.25, -0.2) is 4.79 Å². The summed E-state index contributed by atoms with van der Waals surface area (Å²) >= 11 is 0. The first-order chi connectivity index (χ1) is 16.6. The first kappa shape index (κ1) is 25.5. The maximum atomic E-state index is 11.4. The van der Waals surface area contributed by atoms with Crippen LogP contribution in [0.15, 0.2) is 78.9 Å². The summed E-state index contributed by atoms with van der Waals surface area (Å²) in [6.07, 6.45) is 4.50. The normalized spacial score (nSPS) is 12.0. The maximum absolute atomic E-state index is 11.4. The molecular formula is C29H35NO4. The third-order valence-corrected chi connectivity index (χ3v) is 5.91. The van der Waals surface area contributed by atoms with E-state index in [1.165, 1.54) is 18.4 Å². The van der Waals surface area contributed by atoms with E-state index >= 15 is 0 Å². The molecule has 0 bridgehead atoms. The number of unbranched alkanes of at least 4 members (excludes halogenated alkanes) is 3. The second kappa shape index (κ2) is 13.5. The molecule has 3 rings (SSSR count). The number of aromatic carboxylic acids is 1. The van der Waals surface area contributed by atoms with E-state index in [2.05, 4.69) is 24.0 Å². The van der Waals surface area contributed by atoms with Gasteiger partial charge in [-0.15, -0.1) is 0 Å². The van der Waals surface area contributed by atoms with E-state index in [0.29, 0.717) is 24.3 Å². The van der Waals surface area contributed by atoms with Gasteiger partial charge in [0.2, 0.25) is 0 Å². The van der Waals surface area contributed by atoms with Gasteiger partial charge in [-0.2, -0.15) is 0 Å². The van der Waals surface area contributed by atoms with E-state index in [0.717, 1.165) is 24.9 Å². The predicted molar refractivity (Wildman–Crippen MR) is 135 cm³/mol. The van der Waals surface area contributed by atoms with Crippen molar-refractivity contribution in [3.63, 3.8) is 0 Å². The fourth-order valence-electron chi connectivity index (χ4n) is 4.01. The van der Waals surface area contributed by atoms with Crippen molar-refractivity contribution in [1.29, 1.82) is 0 Å². The van der Waals surface area contributed by atoms with Crippen molar-refractivity contribution in [2.75, 3.05) is 6.54 Å². The van der Waals surface area contributed by atoms with Gasteiger partial charge in [0.1, 0.15) is 18.6 Å². The standard InChI is InChI=1S/C29H35NO4/c1-2-3-4-10-18-30(21-23-12-6-5-7-13-23)28(31)20-24-14-11-16-26(19-24)34-22-25-15-8-9-17-27(25)29(32)33/h5-9,11-17,19,28,31H,2-4,10,18,20-22H2,1H3,(H,32,33). The molecule has 0 radical (unpaired) electrons. The van der Waals surface area contributed by atoms with Gasteiger partial charge >= 0.3 is 5.97 Å². The Morgan fingerprint density at radius 2 is 1.65 bits per heavy atom. The van der Waals surface area contributed by atoms with Crippen LogP contribution in [0.4, 0.5) is 0 Å². The molecule has 0 aliphatic rings. The number of nitrogens with zero attached hydrogens (tertiary/aromatic N) is 1. The fraction of sp³-hybridized carbons (Fsp3) is 0.345. The average molecular weight is 462 g/mol. The fourth-order valence-corrected chi connectivity index (χ4v) is 4.01. The van der Waals surface area contributed by atoms with Crippen molar-refractivity contribution >= 4 is 5.97 Å². The summed E-state index contributed by atoms with van der Waals surface area (Å²) in [4.78, 5) is 13.6. The first-order valence-electron chi connectivity index (χ1n) is 12.1. The lowest BCUT2D eigenvalue weighted by molar-refractivity contribution is -0.00275. The maximum Gasteiger partial charge on any atom is 0.336 e. The number of ether oxygens (including phenoxy) is 1. The van der Waals surface area contributed by atoms with Gasteiger partial charge in [0.25, 0.3) is 0 Å². The minimum Gasteiger partial charge on any atom is -0.489 e. The van der Waals surface area contributed by atoms with Crippen LogP contribution in [0.5, 0.6) is 5.75 Å². The molecule has 180 valence electrons. The lowest BCUT2D eigenvalue weighted by Gasteiger charge is -2.28. The summed E-state index contributed by atoms with van der Waals surface area (Å²) in [6, 6.07) is 24.8. The van der Waals surface area contributed by atoms with E-state index in [-0.39, 0.29) is 12.2 Å². The van der Waals surface area contributed by atoms with Crippen LogP contribution in [-0.4, -0.2) is 33.9 Å². The molecule has 3 aromatic rings. The highest BCUT2D eigenvalue weighted by Crippen LogP contribution is 2.20. The van der Waals surface area contributed by atoms with Crippen molar-refractivity contribution in [3.8, 4) is 5.75 Å². The number of rotatable bonds is 14. The number of benzene rings is 3. The molecule has 0 heterocycles. The van der Waals surface area contributed by atoms with Crippen molar-refractivity contribution in [2.24, 2.45) is 0 Å². The summed E-state index contributed by atoms with van der Waals surface area (Å²) < 4.78 is 5.89. The number of carboxylic acid groups (broad SMARTS) is 1. The summed E-state index contributed by atoms with van der Waals surface area (Å²) in [5.41, 5.74) is 3.03. The van der Waals surface area contributed by atoms with Gasteiger partial charge in [-0.05, 0) is 35.7 Å². The summed E-state index contributed by atoms with van der Waals surface area (Å²) in [5, 5.41) is 20.5. The molecule has 1 atom stereocenters. The van der Waals surface area contributed by atoms with Gasteiger partial charge in [0, 0.05) is 25.1 Å². The van der Waals surface area contributed by atoms with E-state index in [1.54, 1.807) is 24.3 Å². The minimum atomic E-state index is -0.964. The quantitative estimate of drug-likeness (QED) is 0.231. The number of hydrogen-bond acceptors (Lipinski definition) is 4. The van der Waals surface area contributed by atoms with Crippen LogP contribution in [0.2, 0.25) is 0 Å². The molecule has 0 saturated heterocycles. The SMILES string of the molecule is CCCCCCN(Cc1ccccc1)C(O)Cc1cccc(OCc2ccccc2C(=O)O)c1. The van der Waals surface area contributed by atoms with E-state index in [9.17, 15) is 15.0 Å². The van der Waals surface area contributed by atoms with Gasteiger partial charge in [-0.1, -0.05) is 86.8 Å². The summed E-state index contributed by atoms with van der Waals surface area (Å²) in [6.45, 7) is 3.92. The highest BCUT2D eigenvalue weighted by Gasteiger charge is 2.17. The Bertz CT molecular complexity index is 1020. The topological polar surface area (TPSA) is 70.0 Å². The van der Waals surface area contributed by atoms with Crippen molar-refractivity contribution in [2.45, 2.75) is 58.4 Å². The zero-order valence-electron chi connectivity index (χ0n) is 19.9. The van der Waals surface area contributed by atoms with Crippen LogP contribution in [0.1, 0.15) is 59.7 Å². The third kappa shape index (κ3) is 8.01. The van der Waals surface area contributed by atoms with Crippen molar-refractivity contribution in [1.82, 2.24) is 4.90 Å². The van der Waals surface area contributed by atoms with Gasteiger partial charge in [0.05, 0.1) is 5.56 Å². The van der Waals surface area contributed by atoms with Crippen LogP contribution in [0.25, 0.3) is 0 Å². The molecule has 0 amide bonds. The number of hydrogen-bond donors (Lipinski definition) is 2. The second-order valence-electron chi connectivity index (χ2n) is 8.60. The summed E-state index contributed by atoms with van der Waals surface area (Å²) in [5.74, 6) is -0.309. The van der Waals surface area contributed by atoms with Crippen LogP contribution >= 0.6 is 0 Å². The van der Waals surface area contributed by atoms with E-state index < -0.39 is 12.2 Å². The van der Waals surface area contributed by atoms with Gasteiger partial charge < -0.3 is 14.9 Å². The molecule has 0 aliphatic carbocycles. The Morgan fingerprint density at radius 3 is 2.41 bits per heavy atom. The monoisotopic (exact) mass is 461 g/mol. The Balaban J connectivity index is 1.64. The number of carbonyl (C=O) groups is 1. The third-order valence-electron chi connectivity index (χ3n) is 5.91. The van der Waals surface area contributed by atoms with Gasteiger partial charge in [-0.3, -0.25) is 4.90 Å². The molecule has 0 saturated carbocycles. The lowest BCUT2D eigenvalue weighted by atomic mass is 10.1. The highest BCUT2D eigenvalue weighted by molar-refractivity contribution is 5.89. The Labute approximate surface area is 202 Å². The molecule has 1 unspecified atom stereocenters. The number of aliphatic hydroxyl groups excluding tert-OH is 1. The Hall–Kier alpha value is -3.15. The molecule has 0 spiro atoms. The first-order valence-corrected chi connectivity index (χ1v) is 12.1. The molecular weight excluding hydrogens is 426 g/mol. The lowest BCUT2D eigenvalue weighted by Crippen LogP contribution is -2.37. The molecule has 0 fully saturated rings. The molecule has 5 heteroatoms. The van der Waals surface area contributed by atoms with E-state index in [1.807, 2.05) is 42.5 Å². The van der Waals surface area contributed by atoms with Crippen molar-refractivity contribution < 1.29 is 19.7 Å². The average Bonchev–Trinajstić information content (AvgIpc) is 2.85. The van der Waals surface area contributed by atoms with Crippen LogP contribution in [-0.2, 0) is 19.6 Å². The van der Waals surface area contributed by atoms with Crippen LogP contribution in [0, 0.1) is 0 Å². The summed E-state index contributed by atoms with van der Waals surface area (Å²) in [7, 11) is 0. The number of aliphatic hydroxyl groups is 1. The molecule has 0 aliphatic heterocycles. The zero-order valence-corrected chi connectivity index (χ0v) is 19.9. The van der Waals surface area contributed by atoms with E-state index in [4.69, 9.17) is 4.74 Å². The highest BCUT2D eigenvalue weighted by atomic mass is 16.5. The molecule has 0 aromatic heterocycles. The Morgan fingerprint density at radius 1 is 0.912 bits per heavy atom. The molecule has 5 nitrogen and oxygen atoms in total.